The van der Waals surface area contributed by atoms with E-state index in [1.807, 2.05) is 0 Å². The molecule has 82 valence electrons. The van der Waals surface area contributed by atoms with Gasteiger partial charge in [-0.05, 0) is 41.1 Å². The zero-order valence-electron chi connectivity index (χ0n) is 8.22. The number of halogens is 2. The molecule has 1 N–H and O–H groups in total. The maximum Gasteiger partial charge on any atom is 0.325 e. The van der Waals surface area contributed by atoms with Crippen LogP contribution in [0.1, 0.15) is 6.92 Å². The first kappa shape index (κ1) is 12.0. The summed E-state index contributed by atoms with van der Waals surface area (Å²) in [5, 5.41) is 2.84. The summed E-state index contributed by atoms with van der Waals surface area (Å²) in [6, 6.07) is 4.20. The molecule has 0 aromatic heterocycles. The van der Waals surface area contributed by atoms with E-state index in [2.05, 4.69) is 21.2 Å². The normalized spacial score (nSPS) is 9.80. The van der Waals surface area contributed by atoms with E-state index in [-0.39, 0.29) is 18.3 Å². The van der Waals surface area contributed by atoms with Crippen molar-refractivity contribution in [2.75, 3.05) is 18.5 Å². The van der Waals surface area contributed by atoms with Gasteiger partial charge in [-0.3, -0.25) is 4.79 Å². The minimum atomic E-state index is -0.339. The molecule has 0 bridgehead atoms. The first-order valence-corrected chi connectivity index (χ1v) is 5.27. The molecule has 3 nitrogen and oxygen atoms in total. The second-order valence-corrected chi connectivity index (χ2v) is 3.64. The summed E-state index contributed by atoms with van der Waals surface area (Å²) in [6.07, 6.45) is 0. The van der Waals surface area contributed by atoms with Crippen LogP contribution in [0.5, 0.6) is 0 Å². The van der Waals surface area contributed by atoms with E-state index in [0.29, 0.717) is 16.8 Å². The molecule has 1 aromatic rings. The largest absolute Gasteiger partial charge is 0.465 e. The van der Waals surface area contributed by atoms with Gasteiger partial charge in [-0.15, -0.1) is 0 Å². The molecule has 5 heteroatoms. The smallest absolute Gasteiger partial charge is 0.325 e. The van der Waals surface area contributed by atoms with Gasteiger partial charge in [0, 0.05) is 10.2 Å². The van der Waals surface area contributed by atoms with E-state index < -0.39 is 0 Å². The van der Waals surface area contributed by atoms with E-state index in [4.69, 9.17) is 4.74 Å². The summed E-state index contributed by atoms with van der Waals surface area (Å²) in [4.78, 5) is 11.0. The summed E-state index contributed by atoms with van der Waals surface area (Å²) >= 11 is 3.18. The monoisotopic (exact) mass is 275 g/mol. The Morgan fingerprint density at radius 3 is 2.93 bits per heavy atom. The number of ether oxygens (including phenoxy) is 1. The fourth-order valence-corrected chi connectivity index (χ4v) is 1.50. The number of rotatable bonds is 4. The predicted molar refractivity (Wildman–Crippen MR) is 59.2 cm³/mol. The van der Waals surface area contributed by atoms with Crippen molar-refractivity contribution >= 4 is 27.6 Å². The van der Waals surface area contributed by atoms with Crippen LogP contribution < -0.4 is 5.32 Å². The maximum atomic E-state index is 12.7. The number of hydrogen-bond acceptors (Lipinski definition) is 3. The molecule has 1 rings (SSSR count). The minimum Gasteiger partial charge on any atom is -0.465 e. The van der Waals surface area contributed by atoms with Crippen molar-refractivity contribution in [3.05, 3.63) is 28.5 Å². The van der Waals surface area contributed by atoms with Crippen LogP contribution in [-0.4, -0.2) is 19.1 Å². The molecule has 0 amide bonds. The molecular weight excluding hydrogens is 265 g/mol. The van der Waals surface area contributed by atoms with Gasteiger partial charge in [0.05, 0.1) is 6.61 Å². The van der Waals surface area contributed by atoms with Gasteiger partial charge >= 0.3 is 5.97 Å². The number of carbonyl (C=O) groups excluding carboxylic acids is 1. The van der Waals surface area contributed by atoms with Gasteiger partial charge in [-0.25, -0.2) is 4.39 Å². The van der Waals surface area contributed by atoms with E-state index in [9.17, 15) is 9.18 Å². The average Bonchev–Trinajstić information content (AvgIpc) is 2.17. The molecule has 0 aliphatic heterocycles. The average molecular weight is 276 g/mol. The topological polar surface area (TPSA) is 38.3 Å². The molecule has 0 spiro atoms. The molecule has 15 heavy (non-hydrogen) atoms. The minimum absolute atomic E-state index is 0.0675. The molecule has 0 heterocycles. The highest BCUT2D eigenvalue weighted by molar-refractivity contribution is 9.10. The van der Waals surface area contributed by atoms with Crippen LogP contribution in [0.2, 0.25) is 0 Å². The third kappa shape index (κ3) is 3.87. The van der Waals surface area contributed by atoms with Crippen LogP contribution in [-0.2, 0) is 9.53 Å². The molecule has 0 aliphatic carbocycles. The summed E-state index contributed by atoms with van der Waals surface area (Å²) < 4.78 is 18.0. The van der Waals surface area contributed by atoms with Crippen molar-refractivity contribution in [1.82, 2.24) is 0 Å². The zero-order chi connectivity index (χ0) is 11.3. The molecular formula is C10H11BrFNO2. The highest BCUT2D eigenvalue weighted by atomic mass is 79.9. The van der Waals surface area contributed by atoms with E-state index in [0.717, 1.165) is 0 Å². The lowest BCUT2D eigenvalue weighted by Crippen LogP contribution is -2.16. The third-order valence-corrected chi connectivity index (χ3v) is 2.32. The lowest BCUT2D eigenvalue weighted by molar-refractivity contribution is -0.140. The van der Waals surface area contributed by atoms with Crippen molar-refractivity contribution < 1.29 is 13.9 Å². The van der Waals surface area contributed by atoms with Gasteiger partial charge in [-0.1, -0.05) is 0 Å². The second kappa shape index (κ2) is 5.70. The van der Waals surface area contributed by atoms with Gasteiger partial charge < -0.3 is 10.1 Å². The van der Waals surface area contributed by atoms with Gasteiger partial charge in [-0.2, -0.15) is 0 Å². The Hall–Kier alpha value is -1.10. The fourth-order valence-electron chi connectivity index (χ4n) is 1.01. The van der Waals surface area contributed by atoms with Crippen LogP contribution in [0.15, 0.2) is 22.7 Å². The fraction of sp³-hybridized carbons (Fsp3) is 0.300. The van der Waals surface area contributed by atoms with Gasteiger partial charge in [0.1, 0.15) is 12.4 Å². The summed E-state index contributed by atoms with van der Waals surface area (Å²) in [5.74, 6) is -0.669. The molecule has 0 saturated carbocycles. The highest BCUT2D eigenvalue weighted by Gasteiger charge is 2.04. The molecule has 0 unspecified atom stereocenters. The van der Waals surface area contributed by atoms with E-state index >= 15 is 0 Å². The molecule has 1 aromatic carbocycles. The van der Waals surface area contributed by atoms with Crippen LogP contribution in [0.3, 0.4) is 0 Å². The second-order valence-electron chi connectivity index (χ2n) is 2.78. The van der Waals surface area contributed by atoms with Crippen LogP contribution in [0.25, 0.3) is 0 Å². The Morgan fingerprint density at radius 1 is 1.60 bits per heavy atom. The standard InChI is InChI=1S/C10H11BrFNO2/c1-2-15-10(14)6-13-9-4-3-7(12)5-8(9)11/h3-5,13H,2,6H2,1H3. The van der Waals surface area contributed by atoms with Gasteiger partial charge in [0.25, 0.3) is 0 Å². The SMILES string of the molecule is CCOC(=O)CNc1ccc(F)cc1Br. The van der Waals surface area contributed by atoms with Crippen molar-refractivity contribution in [3.8, 4) is 0 Å². The number of hydrogen-bond donors (Lipinski definition) is 1. The number of benzene rings is 1. The highest BCUT2D eigenvalue weighted by Crippen LogP contribution is 2.22. The van der Waals surface area contributed by atoms with Crippen LogP contribution >= 0.6 is 15.9 Å². The third-order valence-electron chi connectivity index (χ3n) is 1.66. The Labute approximate surface area is 95.7 Å². The lowest BCUT2D eigenvalue weighted by atomic mass is 10.3. The van der Waals surface area contributed by atoms with Crippen molar-refractivity contribution in [2.24, 2.45) is 0 Å². The Morgan fingerprint density at radius 2 is 2.33 bits per heavy atom. The number of esters is 1. The molecule has 0 saturated heterocycles. The summed E-state index contributed by atoms with van der Waals surface area (Å²) in [5.41, 5.74) is 0.657. The van der Waals surface area contributed by atoms with E-state index in [1.54, 1.807) is 13.0 Å². The molecule has 0 atom stereocenters. The predicted octanol–water partition coefficient (Wildman–Crippen LogP) is 2.56. The lowest BCUT2D eigenvalue weighted by Gasteiger charge is -2.07. The zero-order valence-corrected chi connectivity index (χ0v) is 9.80. The maximum absolute atomic E-state index is 12.7. The van der Waals surface area contributed by atoms with Crippen molar-refractivity contribution in [2.45, 2.75) is 6.92 Å². The van der Waals surface area contributed by atoms with E-state index in [1.165, 1.54) is 12.1 Å². The Balaban J connectivity index is 2.54. The molecule has 0 aliphatic rings. The van der Waals surface area contributed by atoms with Crippen LogP contribution in [0.4, 0.5) is 10.1 Å². The molecule has 0 radical (unpaired) electrons. The number of anilines is 1. The molecule has 0 fully saturated rings. The first-order chi connectivity index (χ1) is 7.13. The van der Waals surface area contributed by atoms with Gasteiger partial charge in [0.15, 0.2) is 0 Å². The first-order valence-electron chi connectivity index (χ1n) is 4.48. The van der Waals surface area contributed by atoms with Crippen molar-refractivity contribution in [3.63, 3.8) is 0 Å². The van der Waals surface area contributed by atoms with Gasteiger partial charge in [0.2, 0.25) is 0 Å². The van der Waals surface area contributed by atoms with Crippen LogP contribution in [0, 0.1) is 5.82 Å². The number of nitrogens with one attached hydrogen (secondary N) is 1. The Bertz CT molecular complexity index is 357. The quantitative estimate of drug-likeness (QED) is 0.859. The van der Waals surface area contributed by atoms with Crippen molar-refractivity contribution in [1.29, 1.82) is 0 Å². The Kier molecular flexibility index (Phi) is 4.55. The summed E-state index contributed by atoms with van der Waals surface area (Å²) in [7, 11) is 0. The number of carbonyl (C=O) groups is 1. The summed E-state index contributed by atoms with van der Waals surface area (Å²) in [6.45, 7) is 2.16.